The van der Waals surface area contributed by atoms with Gasteiger partial charge < -0.3 is 14.7 Å². The molecule has 0 bridgehead atoms. The van der Waals surface area contributed by atoms with Gasteiger partial charge in [0, 0.05) is 52.2 Å². The summed E-state index contributed by atoms with van der Waals surface area (Å²) in [4.78, 5) is 25.8. The molecule has 23 heavy (non-hydrogen) atoms. The van der Waals surface area contributed by atoms with Gasteiger partial charge in [0.2, 0.25) is 5.91 Å². The van der Waals surface area contributed by atoms with E-state index in [-0.39, 0.29) is 12.5 Å². The smallest absolute Gasteiger partial charge is 0.311 e. The Morgan fingerprint density at radius 2 is 2.26 bits per heavy atom. The first kappa shape index (κ1) is 17.5. The first-order chi connectivity index (χ1) is 11.1. The monoisotopic (exact) mass is 323 g/mol. The number of hydrogen-bond donors (Lipinski definition) is 1. The summed E-state index contributed by atoms with van der Waals surface area (Å²) in [5.74, 6) is -0.802. The standard InChI is InChI=1S/C16H25N3O4/c1-23-12-7-16(15(21)22)6-3-9-18(13-16)14(20)5-2-10-19-11-4-8-17-19/h4,8,11H,2-3,5-7,9-10,12-13H2,1H3,(H,21,22). The first-order valence-electron chi connectivity index (χ1n) is 8.05. The van der Waals surface area contributed by atoms with E-state index in [1.54, 1.807) is 22.9 Å². The molecular formula is C16H25N3O4. The zero-order valence-corrected chi connectivity index (χ0v) is 13.6. The lowest BCUT2D eigenvalue weighted by Gasteiger charge is -2.40. The number of nitrogens with zero attached hydrogens (tertiary/aromatic N) is 3. The van der Waals surface area contributed by atoms with Crippen molar-refractivity contribution in [3.8, 4) is 0 Å². The highest BCUT2D eigenvalue weighted by Gasteiger charge is 2.43. The number of carbonyl (C=O) groups is 2. The summed E-state index contributed by atoms with van der Waals surface area (Å²) >= 11 is 0. The molecule has 0 aliphatic carbocycles. The van der Waals surface area contributed by atoms with Crippen molar-refractivity contribution in [1.82, 2.24) is 14.7 Å². The Morgan fingerprint density at radius 3 is 2.91 bits per heavy atom. The van der Waals surface area contributed by atoms with Gasteiger partial charge in [-0.2, -0.15) is 5.10 Å². The topological polar surface area (TPSA) is 84.7 Å². The molecule has 1 atom stereocenters. The van der Waals surface area contributed by atoms with Crippen LogP contribution in [0.4, 0.5) is 0 Å². The highest BCUT2D eigenvalue weighted by molar-refractivity contribution is 5.79. The van der Waals surface area contributed by atoms with Crippen LogP contribution in [0.5, 0.6) is 0 Å². The Bertz CT molecular complexity index is 517. The second-order valence-corrected chi connectivity index (χ2v) is 6.12. The molecule has 0 spiro atoms. The summed E-state index contributed by atoms with van der Waals surface area (Å²) in [6.07, 6.45) is 6.46. The van der Waals surface area contributed by atoms with Crippen molar-refractivity contribution in [2.24, 2.45) is 5.41 Å². The van der Waals surface area contributed by atoms with E-state index in [1.165, 1.54) is 0 Å². The second kappa shape index (κ2) is 8.10. The third-order valence-electron chi connectivity index (χ3n) is 4.51. The van der Waals surface area contributed by atoms with E-state index in [0.29, 0.717) is 45.4 Å². The Labute approximate surface area is 136 Å². The van der Waals surface area contributed by atoms with Crippen LogP contribution in [0.1, 0.15) is 32.1 Å². The quantitative estimate of drug-likeness (QED) is 0.781. The molecule has 7 heteroatoms. The van der Waals surface area contributed by atoms with Crippen LogP contribution >= 0.6 is 0 Å². The van der Waals surface area contributed by atoms with Gasteiger partial charge in [0.05, 0.1) is 5.41 Å². The van der Waals surface area contributed by atoms with E-state index >= 15 is 0 Å². The predicted molar refractivity (Wildman–Crippen MR) is 83.8 cm³/mol. The van der Waals surface area contributed by atoms with E-state index in [2.05, 4.69) is 5.10 Å². The van der Waals surface area contributed by atoms with Gasteiger partial charge in [0.15, 0.2) is 0 Å². The van der Waals surface area contributed by atoms with E-state index in [4.69, 9.17) is 4.74 Å². The van der Waals surface area contributed by atoms with Crippen LogP contribution in [0.25, 0.3) is 0 Å². The van der Waals surface area contributed by atoms with Gasteiger partial charge in [0.25, 0.3) is 0 Å². The number of ether oxygens (including phenoxy) is 1. The summed E-state index contributed by atoms with van der Waals surface area (Å²) in [5.41, 5.74) is -0.869. The Morgan fingerprint density at radius 1 is 1.43 bits per heavy atom. The van der Waals surface area contributed by atoms with Crippen molar-refractivity contribution in [2.75, 3.05) is 26.8 Å². The molecule has 128 valence electrons. The minimum absolute atomic E-state index is 0.0277. The summed E-state index contributed by atoms with van der Waals surface area (Å²) < 4.78 is 6.84. The molecule has 1 aromatic heterocycles. The van der Waals surface area contributed by atoms with Gasteiger partial charge in [-0.1, -0.05) is 0 Å². The van der Waals surface area contributed by atoms with Gasteiger partial charge in [0.1, 0.15) is 0 Å². The van der Waals surface area contributed by atoms with Crippen LogP contribution < -0.4 is 0 Å². The van der Waals surface area contributed by atoms with Gasteiger partial charge in [-0.3, -0.25) is 14.3 Å². The fraction of sp³-hybridized carbons (Fsp3) is 0.688. The molecule has 7 nitrogen and oxygen atoms in total. The van der Waals surface area contributed by atoms with Crippen LogP contribution in [-0.2, 0) is 20.9 Å². The number of amides is 1. The molecule has 1 unspecified atom stereocenters. The first-order valence-corrected chi connectivity index (χ1v) is 8.05. The van der Waals surface area contributed by atoms with Crippen LogP contribution in [0.3, 0.4) is 0 Å². The number of piperidine rings is 1. The number of hydrogen-bond acceptors (Lipinski definition) is 4. The van der Waals surface area contributed by atoms with Gasteiger partial charge in [-0.05, 0) is 31.7 Å². The van der Waals surface area contributed by atoms with Crippen LogP contribution in [0.2, 0.25) is 0 Å². The molecule has 1 aromatic rings. The molecule has 0 saturated carbocycles. The number of aromatic nitrogens is 2. The van der Waals surface area contributed by atoms with Gasteiger partial charge in [-0.15, -0.1) is 0 Å². The largest absolute Gasteiger partial charge is 0.481 e. The van der Waals surface area contributed by atoms with E-state index in [1.807, 2.05) is 12.3 Å². The van der Waals surface area contributed by atoms with E-state index in [9.17, 15) is 14.7 Å². The summed E-state index contributed by atoms with van der Waals surface area (Å²) in [5, 5.41) is 13.7. The number of rotatable bonds is 8. The van der Waals surface area contributed by atoms with Crippen molar-refractivity contribution in [3.05, 3.63) is 18.5 Å². The zero-order chi connectivity index (χ0) is 16.7. The van der Waals surface area contributed by atoms with Crippen LogP contribution in [0, 0.1) is 5.41 Å². The number of methoxy groups -OCH3 is 1. The van der Waals surface area contributed by atoms with Crippen molar-refractivity contribution in [2.45, 2.75) is 38.6 Å². The van der Waals surface area contributed by atoms with Crippen LogP contribution in [0.15, 0.2) is 18.5 Å². The van der Waals surface area contributed by atoms with Crippen LogP contribution in [-0.4, -0.2) is 58.5 Å². The molecular weight excluding hydrogens is 298 g/mol. The summed E-state index contributed by atoms with van der Waals surface area (Å²) in [6, 6.07) is 1.85. The predicted octanol–water partition coefficient (Wildman–Crippen LogP) is 1.39. The minimum Gasteiger partial charge on any atom is -0.481 e. The van der Waals surface area contributed by atoms with Crippen molar-refractivity contribution < 1.29 is 19.4 Å². The molecule has 1 saturated heterocycles. The maximum absolute atomic E-state index is 12.4. The highest BCUT2D eigenvalue weighted by atomic mass is 16.5. The number of carboxylic acids is 1. The number of aliphatic carboxylic acids is 1. The van der Waals surface area contributed by atoms with Crippen molar-refractivity contribution in [1.29, 1.82) is 0 Å². The maximum Gasteiger partial charge on any atom is 0.311 e. The summed E-state index contributed by atoms with van der Waals surface area (Å²) in [7, 11) is 1.57. The summed E-state index contributed by atoms with van der Waals surface area (Å²) in [6.45, 7) is 2.02. The lowest BCUT2D eigenvalue weighted by atomic mass is 9.77. The Kier molecular flexibility index (Phi) is 6.15. The fourth-order valence-corrected chi connectivity index (χ4v) is 3.11. The minimum atomic E-state index is -0.869. The number of carbonyl (C=O) groups excluding carboxylic acids is 1. The normalized spacial score (nSPS) is 21.3. The molecule has 1 amide bonds. The second-order valence-electron chi connectivity index (χ2n) is 6.12. The number of carboxylic acid groups (broad SMARTS) is 1. The lowest BCUT2D eigenvalue weighted by Crippen LogP contribution is -2.50. The third-order valence-corrected chi connectivity index (χ3v) is 4.51. The molecule has 0 radical (unpaired) electrons. The third kappa shape index (κ3) is 4.54. The Balaban J connectivity index is 1.88. The van der Waals surface area contributed by atoms with Crippen molar-refractivity contribution >= 4 is 11.9 Å². The number of aryl methyl sites for hydroxylation is 1. The fourth-order valence-electron chi connectivity index (χ4n) is 3.11. The molecule has 1 fully saturated rings. The SMILES string of the molecule is COCCC1(C(=O)O)CCCN(C(=O)CCCn2cccn2)C1. The highest BCUT2D eigenvalue weighted by Crippen LogP contribution is 2.34. The molecule has 1 N–H and O–H groups in total. The molecule has 1 aliphatic rings. The van der Waals surface area contributed by atoms with E-state index in [0.717, 1.165) is 6.42 Å². The lowest BCUT2D eigenvalue weighted by molar-refractivity contribution is -0.156. The molecule has 0 aromatic carbocycles. The van der Waals surface area contributed by atoms with Gasteiger partial charge in [-0.25, -0.2) is 0 Å². The van der Waals surface area contributed by atoms with E-state index < -0.39 is 11.4 Å². The average Bonchev–Trinajstić information content (AvgIpc) is 3.06. The molecule has 1 aliphatic heterocycles. The van der Waals surface area contributed by atoms with Crippen molar-refractivity contribution in [3.63, 3.8) is 0 Å². The molecule has 2 rings (SSSR count). The number of likely N-dealkylation sites (tertiary alicyclic amines) is 1. The van der Waals surface area contributed by atoms with Gasteiger partial charge >= 0.3 is 5.97 Å². The zero-order valence-electron chi connectivity index (χ0n) is 13.6. The molecule has 2 heterocycles. The maximum atomic E-state index is 12.4. The Hall–Kier alpha value is -1.89. The average molecular weight is 323 g/mol.